The molecular weight excluding hydrogens is 1130 g/mol. The number of hydrogen-bond donors (Lipinski definition) is 0. The first kappa shape index (κ1) is 60.7. The van der Waals surface area contributed by atoms with Crippen LogP contribution in [-0.2, 0) is 22.2 Å². The monoisotopic (exact) mass is 1200 g/mol. The second kappa shape index (κ2) is 34.4. The Labute approximate surface area is 476 Å². The van der Waals surface area contributed by atoms with Crippen LogP contribution in [0.2, 0.25) is 0 Å². The molecule has 76 heavy (non-hydrogen) atoms. The van der Waals surface area contributed by atoms with E-state index in [1.165, 1.54) is 161 Å². The van der Waals surface area contributed by atoms with Crippen molar-refractivity contribution in [2.45, 2.75) is 155 Å². The van der Waals surface area contributed by atoms with E-state index in [0.717, 1.165) is 55.5 Å². The van der Waals surface area contributed by atoms with Crippen molar-refractivity contribution in [3.05, 3.63) is 153 Å². The lowest BCUT2D eigenvalue weighted by molar-refractivity contribution is 0.395. The maximum Gasteiger partial charge on any atom is 0.796 e. The molecule has 0 N–H and O–H groups in total. The van der Waals surface area contributed by atoms with Crippen LogP contribution in [0.15, 0.2) is 140 Å². The van der Waals surface area contributed by atoms with Crippen LogP contribution in [0.5, 0.6) is 0 Å². The number of nitrogens with zero attached hydrogens (tertiary/aromatic N) is 2. The van der Waals surface area contributed by atoms with E-state index in [2.05, 4.69) is 67.8 Å². The Kier molecular flexibility index (Phi) is 27.5. The average molecular weight is 1200 g/mol. The number of allylic oxidation sites excluding steroid dienone is 2. The summed E-state index contributed by atoms with van der Waals surface area (Å²) in [4.78, 5) is 13.6. The highest BCUT2D eigenvalue weighted by Crippen LogP contribution is 2.47. The van der Waals surface area contributed by atoms with Crippen LogP contribution in [0.4, 0.5) is 28.6 Å². The van der Waals surface area contributed by atoms with Gasteiger partial charge in [0, 0.05) is 52.0 Å². The molecule has 402 valence electrons. The summed E-state index contributed by atoms with van der Waals surface area (Å²) in [6.45, 7) is 4.52. The topological polar surface area (TPSA) is 43.2 Å². The van der Waals surface area contributed by atoms with E-state index < -0.39 is 14.9 Å². The minimum atomic E-state index is -2.99. The third kappa shape index (κ3) is 21.4. The molecule has 0 radical (unpaired) electrons. The molecule has 0 saturated carbocycles. The molecule has 0 aliphatic heterocycles. The molecule has 0 unspecified atom stereocenters. The minimum absolute atomic E-state index is 0.0334. The average Bonchev–Trinajstić information content (AvgIpc) is 4.05. The summed E-state index contributed by atoms with van der Waals surface area (Å²) >= 11 is 10.4. The first-order valence-electron chi connectivity index (χ1n) is 27.5. The molecule has 2 heterocycles. The maximum absolute atomic E-state index is 13.7. The molecular formula is C62H72B2Br2F4N2O2S2. The fraction of sp³-hybridized carbons (Fsp3) is 0.387. The van der Waals surface area contributed by atoms with Gasteiger partial charge in [0.25, 0.3) is 0 Å². The van der Waals surface area contributed by atoms with Crippen molar-refractivity contribution in [3.8, 4) is 30.6 Å². The number of benzene rings is 4. The fourth-order valence-electron chi connectivity index (χ4n) is 9.14. The van der Waals surface area contributed by atoms with Gasteiger partial charge < -0.3 is 9.31 Å². The van der Waals surface area contributed by atoms with Crippen molar-refractivity contribution in [1.29, 1.82) is 0 Å². The lowest BCUT2D eigenvalue weighted by atomic mass is 10.00. The molecule has 2 aromatic heterocycles. The highest BCUT2D eigenvalue weighted by atomic mass is 79.9. The Hall–Kier alpha value is -4.49. The van der Waals surface area contributed by atoms with E-state index in [1.54, 1.807) is 22.7 Å². The van der Waals surface area contributed by atoms with E-state index in [9.17, 15) is 17.3 Å². The summed E-state index contributed by atoms with van der Waals surface area (Å²) in [7, 11) is -5.99. The van der Waals surface area contributed by atoms with E-state index >= 15 is 0 Å². The molecule has 0 bridgehead atoms. The normalized spacial score (nSPS) is 12.1. The summed E-state index contributed by atoms with van der Waals surface area (Å²) in [6, 6.07) is 34.8. The number of unbranched alkanes of at least 4 members (excludes halogenated alkanes) is 18. The van der Waals surface area contributed by atoms with Gasteiger partial charge in [0.1, 0.15) is 11.5 Å². The smallest absolute Gasteiger partial charge is 0.505 e. The molecule has 0 spiro atoms. The third-order valence-corrected chi connectivity index (χ3v) is 17.0. The van der Waals surface area contributed by atoms with Crippen molar-refractivity contribution >= 4 is 105 Å². The summed E-state index contributed by atoms with van der Waals surface area (Å²) in [5.74, 6) is 0.0667. The van der Waals surface area contributed by atoms with Crippen LogP contribution >= 0.6 is 54.5 Å². The molecule has 4 nitrogen and oxygen atoms in total. The number of hydrogen-bond acceptors (Lipinski definition) is 6. The first-order chi connectivity index (χ1) is 37.1. The number of thiophene rings is 2. The van der Waals surface area contributed by atoms with E-state index in [-0.39, 0.29) is 11.5 Å². The van der Waals surface area contributed by atoms with Crippen LogP contribution < -0.4 is 0 Å². The van der Waals surface area contributed by atoms with Crippen LogP contribution in [0, 0.1) is 0 Å². The van der Waals surface area contributed by atoms with Crippen molar-refractivity contribution in [3.63, 3.8) is 0 Å². The van der Waals surface area contributed by atoms with Crippen LogP contribution in [0.25, 0.3) is 42.2 Å². The molecule has 0 amide bonds. The zero-order valence-corrected chi connectivity index (χ0v) is 49.0. The van der Waals surface area contributed by atoms with Gasteiger partial charge in [-0.05, 0) is 121 Å². The van der Waals surface area contributed by atoms with E-state index in [1.807, 2.05) is 97.1 Å². The number of rotatable bonds is 35. The molecule has 6 rings (SSSR count). The lowest BCUT2D eigenvalue weighted by Crippen LogP contribution is -2.04. The van der Waals surface area contributed by atoms with Gasteiger partial charge in [-0.3, -0.25) is 9.98 Å². The largest absolute Gasteiger partial charge is 0.796 e. The van der Waals surface area contributed by atoms with Crippen molar-refractivity contribution in [2.24, 2.45) is 9.98 Å². The van der Waals surface area contributed by atoms with Gasteiger partial charge in [0.05, 0.1) is 11.4 Å². The number of aliphatic imine (C=N–C) groups is 2. The number of aryl methyl sites for hydroxylation is 2. The predicted molar refractivity (Wildman–Crippen MR) is 328 cm³/mol. The van der Waals surface area contributed by atoms with Gasteiger partial charge in [-0.2, -0.15) is 0 Å². The van der Waals surface area contributed by atoms with Gasteiger partial charge in [-0.15, -0.1) is 22.7 Å². The molecule has 4 aromatic carbocycles. The Morgan fingerprint density at radius 2 is 0.763 bits per heavy atom. The summed E-state index contributed by atoms with van der Waals surface area (Å²) in [6.07, 6.45) is 33.1. The molecule has 0 aliphatic rings. The van der Waals surface area contributed by atoms with Gasteiger partial charge >= 0.3 is 14.9 Å². The first-order valence-corrected chi connectivity index (χ1v) is 30.7. The predicted octanol–water partition coefficient (Wildman–Crippen LogP) is 22.6. The molecule has 0 saturated heterocycles. The Bertz CT molecular complexity index is 2540. The molecule has 0 atom stereocenters. The van der Waals surface area contributed by atoms with Crippen molar-refractivity contribution < 1.29 is 26.6 Å². The lowest BCUT2D eigenvalue weighted by Gasteiger charge is -2.08. The van der Waals surface area contributed by atoms with Crippen LogP contribution in [-0.4, -0.2) is 27.4 Å². The fourth-order valence-corrected chi connectivity index (χ4v) is 12.3. The Morgan fingerprint density at radius 1 is 0.447 bits per heavy atom. The molecule has 0 fully saturated rings. The zero-order valence-electron chi connectivity index (χ0n) is 44.2. The van der Waals surface area contributed by atoms with E-state index in [0.29, 0.717) is 22.5 Å². The highest BCUT2D eigenvalue weighted by Gasteiger charge is 2.23. The second-order valence-corrected chi connectivity index (χ2v) is 23.2. The summed E-state index contributed by atoms with van der Waals surface area (Å²) in [5, 5.41) is 0. The van der Waals surface area contributed by atoms with Crippen molar-refractivity contribution in [2.75, 3.05) is 0 Å². The third-order valence-electron chi connectivity index (χ3n) is 13.3. The van der Waals surface area contributed by atoms with Crippen LogP contribution in [0.3, 0.4) is 0 Å². The zero-order chi connectivity index (χ0) is 53.7. The highest BCUT2D eigenvalue weighted by molar-refractivity contribution is 9.10. The standard InChI is InChI=1S/C62H72B2Br2F4N2O2S2/c1-3-5-7-9-11-13-15-17-19-21-23-51-45-59(49-29-25-47(26-30-49)57(73-63(67)68)41-43-71-55-37-33-53(65)34-38-55)75-61(51)62-52(24-22-20-18-16-14-12-10-8-6-4-2)46-60(76-62)50-31-27-48(28-32-50)58(74-64(69)70)42-44-72-56-39-35-54(66)36-40-56/h25-46H,3-24H2,1-2H3/b57-41-,58-42-,71-43?,72-44?. The summed E-state index contributed by atoms with van der Waals surface area (Å²) in [5.41, 5.74) is 7.09. The maximum atomic E-state index is 13.7. The Morgan fingerprint density at radius 3 is 1.08 bits per heavy atom. The van der Waals surface area contributed by atoms with Gasteiger partial charge in [0.15, 0.2) is 0 Å². The van der Waals surface area contributed by atoms with Gasteiger partial charge in [-0.25, -0.2) is 17.3 Å². The number of halogens is 6. The summed E-state index contributed by atoms with van der Waals surface area (Å²) < 4.78 is 66.8. The van der Waals surface area contributed by atoms with Crippen LogP contribution in [0.1, 0.15) is 165 Å². The van der Waals surface area contributed by atoms with Gasteiger partial charge in [-0.1, -0.05) is 210 Å². The SMILES string of the molecule is CCCCCCCCCCCCc1cc(-c2ccc(/C(=C/C=Nc3ccc(Br)cc3)OB(F)F)cc2)sc1-c1sc(-c2ccc(/C(=C/C=Nc3ccc(Br)cc3)OB(F)F)cc2)cc1CCCCCCCCCCCC. The Balaban J connectivity index is 1.29. The minimum Gasteiger partial charge on any atom is -0.505 e. The second-order valence-electron chi connectivity index (χ2n) is 19.3. The molecule has 0 aliphatic carbocycles. The van der Waals surface area contributed by atoms with Gasteiger partial charge in [0.2, 0.25) is 0 Å². The quantitative estimate of drug-likeness (QED) is 0.0131. The van der Waals surface area contributed by atoms with Crippen molar-refractivity contribution in [1.82, 2.24) is 0 Å². The molecule has 6 aromatic rings. The van der Waals surface area contributed by atoms with E-state index in [4.69, 9.17) is 9.31 Å². The molecule has 14 heteroatoms.